The van der Waals surface area contributed by atoms with Gasteiger partial charge in [0.25, 0.3) is 0 Å². The Bertz CT molecular complexity index is 194. The fraction of sp³-hybridized carbons (Fsp3) is 0.833. The molecule has 0 bridgehead atoms. The van der Waals surface area contributed by atoms with Crippen molar-refractivity contribution >= 4 is 29.5 Å². The second-order valence-electron chi connectivity index (χ2n) is 2.53. The average Bonchev–Trinajstić information content (AvgIpc) is 2.24. The van der Waals surface area contributed by atoms with Crippen LogP contribution in [0.3, 0.4) is 0 Å². The van der Waals surface area contributed by atoms with E-state index in [-0.39, 0.29) is 0 Å². The van der Waals surface area contributed by atoms with Crippen LogP contribution in [0.25, 0.3) is 0 Å². The highest BCUT2D eigenvalue weighted by Crippen LogP contribution is 2.13. The van der Waals surface area contributed by atoms with Crippen LogP contribution in [0, 0.1) is 0 Å². The number of ketones is 1. The Morgan fingerprint density at radius 2 is 2.07 bits per heavy atom. The zero-order valence-corrected chi connectivity index (χ0v) is 8.82. The van der Waals surface area contributed by atoms with Gasteiger partial charge in [-0.1, -0.05) is 0 Å². The van der Waals surface area contributed by atoms with Crippen LogP contribution in [0.5, 0.6) is 0 Å². The number of carbonyl (C=O) groups excluding carboxylic acids is 1. The van der Waals surface area contributed by atoms with Gasteiger partial charge in [0, 0.05) is 0 Å². The van der Waals surface area contributed by atoms with Crippen LogP contribution in [0.15, 0.2) is 0 Å². The summed E-state index contributed by atoms with van der Waals surface area (Å²) in [6, 6.07) is 0. The summed E-state index contributed by atoms with van der Waals surface area (Å²) in [5, 5.41) is 17.6. The highest BCUT2D eigenvalue weighted by Gasteiger charge is 2.36. The third kappa shape index (κ3) is 4.56. The molecule has 0 aliphatic rings. The van der Waals surface area contributed by atoms with E-state index in [0.717, 1.165) is 0 Å². The van der Waals surface area contributed by atoms with Crippen LogP contribution < -0.4 is 0 Å². The average molecular weight is 267 g/mol. The Morgan fingerprint density at radius 1 is 1.47 bits per heavy atom. The number of hydrogen-bond acceptors (Lipinski definition) is 6. The minimum atomic E-state index is -1.76. The molecule has 0 rings (SSSR count). The predicted octanol–water partition coefficient (Wildman–Crippen LogP) is -0.112. The number of hydrogen-bond donors (Lipinski definition) is 2. The molecule has 3 atom stereocenters. The maximum absolute atomic E-state index is 12.0. The zero-order valence-electron chi connectivity index (χ0n) is 7.31. The molecule has 0 amide bonds. The molecule has 0 aromatic heterocycles. The Morgan fingerprint density at radius 3 is 2.40 bits per heavy atom. The molecule has 9 heteroatoms. The Hall–Kier alpha value is -0.0200. The van der Waals surface area contributed by atoms with E-state index < -0.39 is 37.3 Å². The van der Waals surface area contributed by atoms with Gasteiger partial charge in [-0.05, 0) is 4.53 Å². The van der Waals surface area contributed by atoms with E-state index in [2.05, 4.69) is 13.5 Å². The number of halogens is 3. The number of Topliss-reactive ketones (excluding diaryl/α,β-unsaturated/α-hetero) is 1. The maximum Gasteiger partial charge on any atom is 0.193 e. The number of aliphatic hydroxyl groups is 2. The Labute approximate surface area is 94.7 Å². The van der Waals surface area contributed by atoms with Crippen LogP contribution >= 0.6 is 23.7 Å². The lowest BCUT2D eigenvalue weighted by Gasteiger charge is -2.22. The first kappa shape index (κ1) is 15.0. The van der Waals surface area contributed by atoms with E-state index in [0.29, 0.717) is 0 Å². The van der Waals surface area contributed by atoms with Crippen LogP contribution in [0.1, 0.15) is 0 Å². The molecule has 0 aromatic carbocycles. The lowest BCUT2D eigenvalue weighted by atomic mass is 10.1. The monoisotopic (exact) mass is 266 g/mol. The molecule has 0 radical (unpaired) electrons. The maximum atomic E-state index is 12.0. The van der Waals surface area contributed by atoms with E-state index in [9.17, 15) is 9.32 Å². The predicted molar refractivity (Wildman–Crippen MR) is 46.6 cm³/mol. The number of rotatable bonds is 8. The van der Waals surface area contributed by atoms with Gasteiger partial charge in [-0.15, -0.1) is 0 Å². The third-order valence-electron chi connectivity index (χ3n) is 1.58. The van der Waals surface area contributed by atoms with E-state index in [1.165, 1.54) is 0 Å². The van der Waals surface area contributed by atoms with Crippen molar-refractivity contribution in [2.24, 2.45) is 0 Å². The molecule has 0 fully saturated rings. The molecular formula is C6H9Cl2FO6. The molecule has 15 heavy (non-hydrogen) atoms. The van der Waals surface area contributed by atoms with Crippen molar-refractivity contribution in [1.29, 1.82) is 0 Å². The molecular weight excluding hydrogens is 258 g/mol. The topological polar surface area (TPSA) is 85.2 Å². The third-order valence-corrected chi connectivity index (χ3v) is 1.88. The molecule has 0 aromatic rings. The molecule has 0 saturated carbocycles. The van der Waals surface area contributed by atoms with Crippen molar-refractivity contribution in [3.63, 3.8) is 0 Å². The first-order chi connectivity index (χ1) is 7.12. The van der Waals surface area contributed by atoms with Crippen molar-refractivity contribution in [2.45, 2.75) is 18.3 Å². The largest absolute Gasteiger partial charge is 0.394 e. The summed E-state index contributed by atoms with van der Waals surface area (Å²) in [4.78, 5) is 14.4. The Kier molecular flexibility index (Phi) is 8.16. The van der Waals surface area contributed by atoms with E-state index >= 15 is 0 Å². The zero-order chi connectivity index (χ0) is 11.8. The van der Waals surface area contributed by atoms with Crippen molar-refractivity contribution in [3.05, 3.63) is 0 Å². The van der Waals surface area contributed by atoms with Gasteiger partial charge >= 0.3 is 0 Å². The van der Waals surface area contributed by atoms with E-state index in [4.69, 9.17) is 33.9 Å². The van der Waals surface area contributed by atoms with Crippen molar-refractivity contribution < 1.29 is 33.1 Å². The summed E-state index contributed by atoms with van der Waals surface area (Å²) in [6.07, 6.45) is -5.07. The fourth-order valence-electron chi connectivity index (χ4n) is 0.831. The minimum absolute atomic E-state index is 0.614. The first-order valence-electron chi connectivity index (χ1n) is 3.72. The summed E-state index contributed by atoms with van der Waals surface area (Å²) < 4.78 is 20.0. The summed E-state index contributed by atoms with van der Waals surface area (Å²) in [5.41, 5.74) is 0. The van der Waals surface area contributed by atoms with Gasteiger partial charge in [0.15, 0.2) is 18.0 Å². The first-order valence-corrected chi connectivity index (χ1v) is 4.34. The summed E-state index contributed by atoms with van der Waals surface area (Å²) >= 11 is 9.71. The molecule has 6 nitrogen and oxygen atoms in total. The molecule has 0 spiro atoms. The molecule has 0 aliphatic heterocycles. The van der Waals surface area contributed by atoms with Crippen molar-refractivity contribution in [1.82, 2.24) is 0 Å². The van der Waals surface area contributed by atoms with Crippen molar-refractivity contribution in [2.75, 3.05) is 13.2 Å². The SMILES string of the molecule is O=C(COCl)[C@@H](OCl)[C@H](OF)[C@H](O)CO. The fourth-order valence-corrected chi connectivity index (χ4v) is 1.14. The molecule has 0 heterocycles. The van der Waals surface area contributed by atoms with E-state index in [1.54, 1.807) is 0 Å². The normalized spacial score (nSPS) is 17.1. The number of aliphatic hydroxyl groups excluding tert-OH is 2. The summed E-state index contributed by atoms with van der Waals surface area (Å²) in [7, 11) is 0. The van der Waals surface area contributed by atoms with Gasteiger partial charge in [0.05, 0.1) is 30.3 Å². The molecule has 0 aliphatic carbocycles. The van der Waals surface area contributed by atoms with Gasteiger partial charge in [0.1, 0.15) is 12.7 Å². The van der Waals surface area contributed by atoms with E-state index in [1.807, 2.05) is 0 Å². The second kappa shape index (κ2) is 8.17. The van der Waals surface area contributed by atoms with Gasteiger partial charge < -0.3 is 10.2 Å². The highest BCUT2D eigenvalue weighted by atomic mass is 35.5. The molecule has 0 saturated heterocycles. The van der Waals surface area contributed by atoms with Crippen LogP contribution in [-0.4, -0.2) is 47.5 Å². The highest BCUT2D eigenvalue weighted by molar-refractivity contribution is 6.10. The molecule has 90 valence electrons. The lowest BCUT2D eigenvalue weighted by Crippen LogP contribution is -2.46. The van der Waals surface area contributed by atoms with Gasteiger partial charge in [-0.2, -0.15) is 4.94 Å². The van der Waals surface area contributed by atoms with Gasteiger partial charge in [-0.3, -0.25) is 13.4 Å². The molecule has 0 unspecified atom stereocenters. The van der Waals surface area contributed by atoms with Gasteiger partial charge in [-0.25, -0.2) is 0 Å². The summed E-state index contributed by atoms with van der Waals surface area (Å²) in [6.45, 7) is -1.45. The van der Waals surface area contributed by atoms with Crippen LogP contribution in [0.2, 0.25) is 0 Å². The summed E-state index contributed by atoms with van der Waals surface area (Å²) in [5.74, 6) is -0.852. The number of carbonyl (C=O) groups is 1. The van der Waals surface area contributed by atoms with Crippen LogP contribution in [-0.2, 0) is 18.3 Å². The quantitative estimate of drug-likeness (QED) is 0.638. The Balaban J connectivity index is 4.52. The second-order valence-corrected chi connectivity index (χ2v) is 2.93. The van der Waals surface area contributed by atoms with Crippen molar-refractivity contribution in [3.8, 4) is 0 Å². The van der Waals surface area contributed by atoms with Crippen LogP contribution in [0.4, 0.5) is 4.53 Å². The smallest absolute Gasteiger partial charge is 0.193 e. The van der Waals surface area contributed by atoms with Gasteiger partial charge in [0.2, 0.25) is 0 Å². The molecule has 2 N–H and O–H groups in total. The lowest BCUT2D eigenvalue weighted by molar-refractivity contribution is -0.235. The minimum Gasteiger partial charge on any atom is -0.394 e. The standard InChI is InChI=1S/C6H9Cl2FO6/c7-13-2-4(12)5(14-8)6(15-9)3(11)1-10/h3,5-6,10-11H,1-2H2/t3-,5-,6-/m1/s1.